The number of hydrogen-bond acceptors (Lipinski definition) is 4. The molecule has 1 aliphatic carbocycles. The molecule has 0 atom stereocenters. The fourth-order valence-electron chi connectivity index (χ4n) is 3.23. The van der Waals surface area contributed by atoms with Gasteiger partial charge in [0.15, 0.2) is 0 Å². The Morgan fingerprint density at radius 3 is 1.47 bits per heavy atom. The molecule has 148 valence electrons. The van der Waals surface area contributed by atoms with Crippen LogP contribution in [-0.4, -0.2) is 30.9 Å². The highest BCUT2D eigenvalue weighted by Crippen LogP contribution is 2.21. The lowest BCUT2D eigenvalue weighted by Gasteiger charge is -1.86. The van der Waals surface area contributed by atoms with E-state index in [2.05, 4.69) is 50.3 Å². The molecule has 3 aromatic rings. The first-order chi connectivity index (χ1) is 14.6. The molecule has 0 unspecified atom stereocenters. The van der Waals surface area contributed by atoms with Crippen LogP contribution in [0.15, 0.2) is 48.5 Å². The van der Waals surface area contributed by atoms with Crippen molar-refractivity contribution in [3.63, 3.8) is 0 Å². The zero-order valence-electron chi connectivity index (χ0n) is 16.1. The quantitative estimate of drug-likeness (QED) is 0.304. The number of rotatable bonds is 1. The summed E-state index contributed by atoms with van der Waals surface area (Å²) in [5.74, 6) is 0. The van der Waals surface area contributed by atoms with E-state index in [0.29, 0.717) is 0 Å². The first-order valence-electron chi connectivity index (χ1n) is 9.79. The molecule has 0 spiro atoms. The van der Waals surface area contributed by atoms with E-state index in [9.17, 15) is 10.1 Å². The summed E-state index contributed by atoms with van der Waals surface area (Å²) >= 11 is 0. The average Bonchev–Trinajstić information content (AvgIpc) is 3.04. The van der Waals surface area contributed by atoms with Crippen LogP contribution < -0.4 is 0 Å². The molecule has 2 N–H and O–H groups in total. The van der Waals surface area contributed by atoms with Gasteiger partial charge in [-0.25, -0.2) is 9.97 Å². The third kappa shape index (κ3) is 4.20. The van der Waals surface area contributed by atoms with Crippen molar-refractivity contribution in [1.29, 1.82) is 0 Å². The van der Waals surface area contributed by atoms with Gasteiger partial charge in [-0.2, -0.15) is 0 Å². The van der Waals surface area contributed by atoms with Crippen molar-refractivity contribution < 1.29 is 4.92 Å². The van der Waals surface area contributed by atoms with Gasteiger partial charge in [0.05, 0.1) is 22.8 Å². The Kier molecular flexibility index (Phi) is 4.48. The van der Waals surface area contributed by atoms with E-state index in [-0.39, 0.29) is 11.0 Å². The van der Waals surface area contributed by atoms with Crippen LogP contribution in [0.5, 0.6) is 0 Å². The standard InChI is InChI=1S/C20H14N4.C3H5NO2/c1-2-14-10-16-5-6-18(23-16)12-20-8-7-19(24-20)11-17-4-3-15(22-17)9-13(1)21-14;5-4(6)3-1-2-3/h1-12,21-22H;3H,1-2H2. The van der Waals surface area contributed by atoms with Gasteiger partial charge in [-0.15, -0.1) is 0 Å². The van der Waals surface area contributed by atoms with Crippen molar-refractivity contribution in [1.82, 2.24) is 19.9 Å². The molecule has 1 saturated carbocycles. The first-order valence-corrected chi connectivity index (χ1v) is 9.79. The lowest BCUT2D eigenvalue weighted by atomic mass is 10.3. The Balaban J connectivity index is 0.000000279. The van der Waals surface area contributed by atoms with Gasteiger partial charge in [-0.1, -0.05) is 0 Å². The van der Waals surface area contributed by atoms with Crippen molar-refractivity contribution in [2.24, 2.45) is 0 Å². The van der Waals surface area contributed by atoms with Crippen LogP contribution in [0.4, 0.5) is 0 Å². The topological polar surface area (TPSA) is 101 Å². The third-order valence-corrected chi connectivity index (χ3v) is 4.89. The molecule has 5 heterocycles. The monoisotopic (exact) mass is 397 g/mol. The minimum absolute atomic E-state index is 0.176. The second kappa shape index (κ2) is 7.44. The van der Waals surface area contributed by atoms with E-state index in [1.165, 1.54) is 0 Å². The highest BCUT2D eigenvalue weighted by molar-refractivity contribution is 5.77. The number of nitrogens with zero attached hydrogens (tertiary/aromatic N) is 3. The molecule has 30 heavy (non-hydrogen) atoms. The van der Waals surface area contributed by atoms with Crippen LogP contribution in [0, 0.1) is 10.1 Å². The molecule has 0 radical (unpaired) electrons. The number of aromatic amines is 2. The second-order valence-corrected chi connectivity index (χ2v) is 7.42. The molecule has 6 rings (SSSR count). The fourth-order valence-corrected chi connectivity index (χ4v) is 3.23. The average molecular weight is 397 g/mol. The second-order valence-electron chi connectivity index (χ2n) is 7.42. The molecule has 0 saturated heterocycles. The minimum atomic E-state index is -0.222. The van der Waals surface area contributed by atoms with Crippen molar-refractivity contribution in [3.05, 3.63) is 81.4 Å². The largest absolute Gasteiger partial charge is 0.355 e. The van der Waals surface area contributed by atoms with Crippen molar-refractivity contribution in [2.45, 2.75) is 18.9 Å². The summed E-state index contributed by atoms with van der Waals surface area (Å²) in [6.07, 6.45) is 9.64. The van der Waals surface area contributed by atoms with Gasteiger partial charge in [0.1, 0.15) is 0 Å². The molecule has 0 amide bonds. The van der Waals surface area contributed by atoms with Crippen LogP contribution in [0.25, 0.3) is 46.4 Å². The maximum Gasteiger partial charge on any atom is 0.213 e. The van der Waals surface area contributed by atoms with Gasteiger partial charge in [0, 0.05) is 39.8 Å². The Morgan fingerprint density at radius 1 is 0.700 bits per heavy atom. The molecule has 2 aliphatic heterocycles. The fraction of sp³-hybridized carbons (Fsp3) is 0.130. The number of fused-ring (bicyclic) bond motifs is 8. The molecule has 0 aromatic carbocycles. The summed E-state index contributed by atoms with van der Waals surface area (Å²) in [5, 5.41) is 9.57. The van der Waals surface area contributed by atoms with Crippen LogP contribution in [-0.2, 0) is 0 Å². The Hall–Kier alpha value is -4.00. The number of nitrogens with one attached hydrogen (secondary N) is 2. The normalized spacial score (nSPS) is 14.3. The summed E-state index contributed by atoms with van der Waals surface area (Å²) in [6.45, 7) is 0. The third-order valence-electron chi connectivity index (χ3n) is 4.89. The smallest absolute Gasteiger partial charge is 0.213 e. The van der Waals surface area contributed by atoms with E-state index in [0.717, 1.165) is 57.7 Å². The van der Waals surface area contributed by atoms with E-state index in [1.54, 1.807) is 0 Å². The van der Waals surface area contributed by atoms with Gasteiger partial charge < -0.3 is 9.97 Å². The summed E-state index contributed by atoms with van der Waals surface area (Å²) in [4.78, 5) is 25.4. The highest BCUT2D eigenvalue weighted by atomic mass is 16.6. The van der Waals surface area contributed by atoms with Crippen molar-refractivity contribution in [3.8, 4) is 0 Å². The van der Waals surface area contributed by atoms with Gasteiger partial charge in [-0.05, 0) is 72.8 Å². The van der Waals surface area contributed by atoms with E-state index < -0.39 is 0 Å². The molecular formula is C23H19N5O2. The number of hydrogen-bond donors (Lipinski definition) is 2. The molecule has 8 bridgehead atoms. The van der Waals surface area contributed by atoms with Crippen LogP contribution >= 0.6 is 0 Å². The summed E-state index contributed by atoms with van der Waals surface area (Å²) in [6, 6.07) is 16.2. The van der Waals surface area contributed by atoms with Crippen LogP contribution in [0.3, 0.4) is 0 Å². The lowest BCUT2D eigenvalue weighted by molar-refractivity contribution is -0.494. The van der Waals surface area contributed by atoms with Gasteiger partial charge in [0.25, 0.3) is 0 Å². The predicted molar refractivity (Wildman–Crippen MR) is 119 cm³/mol. The maximum absolute atomic E-state index is 9.57. The van der Waals surface area contributed by atoms with Gasteiger partial charge >= 0.3 is 0 Å². The Bertz CT molecular complexity index is 1250. The zero-order valence-corrected chi connectivity index (χ0v) is 16.1. The zero-order chi connectivity index (χ0) is 20.5. The van der Waals surface area contributed by atoms with Crippen LogP contribution in [0.1, 0.15) is 35.6 Å². The highest BCUT2D eigenvalue weighted by Gasteiger charge is 2.33. The predicted octanol–water partition coefficient (Wildman–Crippen LogP) is 5.08. The van der Waals surface area contributed by atoms with E-state index in [4.69, 9.17) is 0 Å². The lowest BCUT2D eigenvalue weighted by Crippen LogP contribution is -1.97. The maximum atomic E-state index is 9.57. The molecule has 7 heteroatoms. The van der Waals surface area contributed by atoms with E-state index >= 15 is 0 Å². The minimum Gasteiger partial charge on any atom is -0.355 e. The Morgan fingerprint density at radius 2 is 1.10 bits per heavy atom. The molecule has 3 aliphatic rings. The van der Waals surface area contributed by atoms with Gasteiger partial charge in [-0.3, -0.25) is 10.1 Å². The molecule has 7 nitrogen and oxygen atoms in total. The summed E-state index contributed by atoms with van der Waals surface area (Å²) in [5.41, 5.74) is 7.86. The molecular weight excluding hydrogens is 378 g/mol. The molecule has 3 aromatic heterocycles. The number of H-pyrrole nitrogens is 2. The van der Waals surface area contributed by atoms with Crippen LogP contribution in [0.2, 0.25) is 0 Å². The molecule has 1 fully saturated rings. The SMILES string of the molecule is C1=Cc2cc3ccc(cc4ccc(cc5nc(cc1n2)C=C5)[nH]4)[nH]3.O=[N+]([O-])C1CC1. The van der Waals surface area contributed by atoms with Crippen molar-refractivity contribution >= 4 is 46.4 Å². The Labute approximate surface area is 172 Å². The number of nitro groups is 1. The van der Waals surface area contributed by atoms with Gasteiger partial charge in [0.2, 0.25) is 6.04 Å². The summed E-state index contributed by atoms with van der Waals surface area (Å²) in [7, 11) is 0. The summed E-state index contributed by atoms with van der Waals surface area (Å²) < 4.78 is 0. The van der Waals surface area contributed by atoms with Crippen molar-refractivity contribution in [2.75, 3.05) is 0 Å². The first kappa shape index (κ1) is 18.1. The number of aromatic nitrogens is 4. The van der Waals surface area contributed by atoms with E-state index in [1.807, 2.05) is 42.5 Å².